The number of aromatic nitrogens is 3. The highest BCUT2D eigenvalue weighted by atomic mass is 35.5. The van der Waals surface area contributed by atoms with Crippen LogP contribution in [-0.4, -0.2) is 28.0 Å². The summed E-state index contributed by atoms with van der Waals surface area (Å²) in [6, 6.07) is 5.98. The minimum Gasteiger partial charge on any atom is -0.464 e. The van der Waals surface area contributed by atoms with Gasteiger partial charge in [-0.15, -0.1) is 0 Å². The molecule has 2 heterocycles. The van der Waals surface area contributed by atoms with E-state index >= 15 is 0 Å². The summed E-state index contributed by atoms with van der Waals surface area (Å²) < 4.78 is 18.4. The van der Waals surface area contributed by atoms with Crippen molar-refractivity contribution in [2.24, 2.45) is 0 Å². The van der Waals surface area contributed by atoms with Gasteiger partial charge in [-0.25, -0.2) is 19.2 Å². The molecular weight excluding hydrogens is 309 g/mol. The molecule has 0 radical (unpaired) electrons. The molecule has 0 atom stereocenters. The lowest BCUT2D eigenvalue weighted by molar-refractivity contribution is 0.0596. The standard InChI is InChI=1S/C15H11ClFN3O2/c1-7-5-9-12(15(21)22-2)19-13(20-14(9)18-7)8-3-4-10(16)11(17)6-8/h3-6H,1-2H3,(H,18,19,20). The van der Waals surface area contributed by atoms with Gasteiger partial charge in [0.25, 0.3) is 0 Å². The van der Waals surface area contributed by atoms with Crippen LogP contribution in [0.4, 0.5) is 4.39 Å². The van der Waals surface area contributed by atoms with Gasteiger partial charge in [0, 0.05) is 11.3 Å². The highest BCUT2D eigenvalue weighted by Crippen LogP contribution is 2.25. The number of methoxy groups -OCH3 is 1. The van der Waals surface area contributed by atoms with Crippen LogP contribution in [0.25, 0.3) is 22.4 Å². The smallest absolute Gasteiger partial charge is 0.357 e. The second-order valence-electron chi connectivity index (χ2n) is 4.73. The molecule has 0 saturated carbocycles. The van der Waals surface area contributed by atoms with E-state index < -0.39 is 11.8 Å². The summed E-state index contributed by atoms with van der Waals surface area (Å²) >= 11 is 5.67. The third kappa shape index (κ3) is 2.42. The molecule has 0 bridgehead atoms. The van der Waals surface area contributed by atoms with Crippen molar-refractivity contribution in [3.63, 3.8) is 0 Å². The van der Waals surface area contributed by atoms with Crippen molar-refractivity contribution in [1.82, 2.24) is 15.0 Å². The maximum Gasteiger partial charge on any atom is 0.357 e. The molecule has 0 amide bonds. The monoisotopic (exact) mass is 319 g/mol. The van der Waals surface area contributed by atoms with Crippen LogP contribution in [0.3, 0.4) is 0 Å². The summed E-state index contributed by atoms with van der Waals surface area (Å²) in [5, 5.41) is 0.566. The van der Waals surface area contributed by atoms with Crippen molar-refractivity contribution in [1.29, 1.82) is 0 Å². The maximum atomic E-state index is 13.6. The Labute approximate surface area is 130 Å². The van der Waals surface area contributed by atoms with Gasteiger partial charge in [0.2, 0.25) is 0 Å². The molecule has 0 unspecified atom stereocenters. The Bertz CT molecular complexity index is 892. The highest BCUT2D eigenvalue weighted by molar-refractivity contribution is 6.30. The first kappa shape index (κ1) is 14.5. The summed E-state index contributed by atoms with van der Waals surface area (Å²) in [5.41, 5.74) is 1.86. The normalized spacial score (nSPS) is 10.9. The number of halogens is 2. The summed E-state index contributed by atoms with van der Waals surface area (Å²) in [6.07, 6.45) is 0. The minimum absolute atomic E-state index is 0.00809. The lowest BCUT2D eigenvalue weighted by Crippen LogP contribution is -2.07. The number of nitrogens with zero attached hydrogens (tertiary/aromatic N) is 2. The van der Waals surface area contributed by atoms with Gasteiger partial charge in [-0.1, -0.05) is 11.6 Å². The van der Waals surface area contributed by atoms with Crippen LogP contribution in [0.1, 0.15) is 16.2 Å². The van der Waals surface area contributed by atoms with Crippen molar-refractivity contribution < 1.29 is 13.9 Å². The molecular formula is C15H11ClFN3O2. The van der Waals surface area contributed by atoms with Crippen LogP contribution in [-0.2, 0) is 4.74 Å². The minimum atomic E-state index is -0.581. The van der Waals surface area contributed by atoms with Crippen molar-refractivity contribution in [2.45, 2.75) is 6.92 Å². The fraction of sp³-hybridized carbons (Fsp3) is 0.133. The van der Waals surface area contributed by atoms with Crippen molar-refractivity contribution >= 4 is 28.6 Å². The number of aryl methyl sites for hydroxylation is 1. The number of hydrogen-bond acceptors (Lipinski definition) is 4. The molecule has 0 saturated heterocycles. The number of esters is 1. The van der Waals surface area contributed by atoms with Gasteiger partial charge in [-0.05, 0) is 31.2 Å². The van der Waals surface area contributed by atoms with E-state index in [1.165, 1.54) is 19.2 Å². The highest BCUT2D eigenvalue weighted by Gasteiger charge is 2.18. The van der Waals surface area contributed by atoms with Gasteiger partial charge in [0.1, 0.15) is 11.5 Å². The SMILES string of the molecule is COC(=O)c1nc(-c2ccc(Cl)c(F)c2)nc2[nH]c(C)cc12. The Balaban J connectivity index is 2.25. The van der Waals surface area contributed by atoms with E-state index in [1.54, 1.807) is 12.1 Å². The zero-order valence-corrected chi connectivity index (χ0v) is 12.5. The molecule has 22 heavy (non-hydrogen) atoms. The van der Waals surface area contributed by atoms with Gasteiger partial charge >= 0.3 is 5.97 Å². The van der Waals surface area contributed by atoms with Gasteiger partial charge in [-0.2, -0.15) is 0 Å². The molecule has 0 aliphatic heterocycles. The largest absolute Gasteiger partial charge is 0.464 e. The molecule has 0 aliphatic rings. The Kier molecular flexibility index (Phi) is 3.54. The molecule has 1 N–H and O–H groups in total. The van der Waals surface area contributed by atoms with Crippen LogP contribution in [0.15, 0.2) is 24.3 Å². The summed E-state index contributed by atoms with van der Waals surface area (Å²) in [7, 11) is 1.28. The van der Waals surface area contributed by atoms with Gasteiger partial charge in [-0.3, -0.25) is 0 Å². The number of rotatable bonds is 2. The fourth-order valence-corrected chi connectivity index (χ4v) is 2.27. The Morgan fingerprint density at radius 2 is 2.09 bits per heavy atom. The molecule has 1 aromatic carbocycles. The second kappa shape index (κ2) is 5.38. The van der Waals surface area contributed by atoms with Crippen molar-refractivity contribution in [2.75, 3.05) is 7.11 Å². The van der Waals surface area contributed by atoms with Gasteiger partial charge < -0.3 is 9.72 Å². The first-order valence-electron chi connectivity index (χ1n) is 6.40. The average molecular weight is 320 g/mol. The number of H-pyrrole nitrogens is 1. The number of carbonyl (C=O) groups excluding carboxylic acids is 1. The summed E-state index contributed by atoms with van der Waals surface area (Å²) in [6.45, 7) is 1.84. The summed E-state index contributed by atoms with van der Waals surface area (Å²) in [4.78, 5) is 23.5. The van der Waals surface area contributed by atoms with E-state index in [1.807, 2.05) is 6.92 Å². The lowest BCUT2D eigenvalue weighted by atomic mass is 10.2. The molecule has 3 rings (SSSR count). The second-order valence-corrected chi connectivity index (χ2v) is 5.14. The first-order chi connectivity index (χ1) is 10.5. The predicted molar refractivity (Wildman–Crippen MR) is 80.4 cm³/mol. The molecule has 5 nitrogen and oxygen atoms in total. The van der Waals surface area contributed by atoms with E-state index in [-0.39, 0.29) is 16.5 Å². The zero-order valence-electron chi connectivity index (χ0n) is 11.8. The first-order valence-corrected chi connectivity index (χ1v) is 6.78. The number of fused-ring (bicyclic) bond motifs is 1. The number of benzene rings is 1. The topological polar surface area (TPSA) is 67.9 Å². The molecule has 112 valence electrons. The summed E-state index contributed by atoms with van der Waals surface area (Å²) in [5.74, 6) is -0.947. The molecule has 2 aromatic heterocycles. The Morgan fingerprint density at radius 1 is 1.32 bits per heavy atom. The quantitative estimate of drug-likeness (QED) is 0.734. The number of carbonyl (C=O) groups is 1. The predicted octanol–water partition coefficient (Wildman–Crippen LogP) is 3.51. The third-order valence-electron chi connectivity index (χ3n) is 3.18. The number of nitrogens with one attached hydrogen (secondary N) is 1. The van der Waals surface area contributed by atoms with Crippen molar-refractivity contribution in [3.05, 3.63) is 46.5 Å². The van der Waals surface area contributed by atoms with E-state index in [0.717, 1.165) is 5.69 Å². The van der Waals surface area contributed by atoms with Crippen LogP contribution in [0.5, 0.6) is 0 Å². The maximum absolute atomic E-state index is 13.6. The lowest BCUT2D eigenvalue weighted by Gasteiger charge is -2.05. The third-order valence-corrected chi connectivity index (χ3v) is 3.49. The number of aromatic amines is 1. The van der Waals surface area contributed by atoms with Crippen LogP contribution in [0, 0.1) is 12.7 Å². The zero-order chi connectivity index (χ0) is 15.9. The van der Waals surface area contributed by atoms with Crippen LogP contribution < -0.4 is 0 Å². The van der Waals surface area contributed by atoms with Gasteiger partial charge in [0.15, 0.2) is 11.5 Å². The van der Waals surface area contributed by atoms with Crippen LogP contribution in [0.2, 0.25) is 5.02 Å². The molecule has 0 spiro atoms. The Hall–Kier alpha value is -2.47. The van der Waals surface area contributed by atoms with E-state index in [4.69, 9.17) is 16.3 Å². The molecule has 7 heteroatoms. The molecule has 3 aromatic rings. The van der Waals surface area contributed by atoms with Crippen LogP contribution >= 0.6 is 11.6 Å². The van der Waals surface area contributed by atoms with Crippen molar-refractivity contribution in [3.8, 4) is 11.4 Å². The van der Waals surface area contributed by atoms with E-state index in [0.29, 0.717) is 16.6 Å². The van der Waals surface area contributed by atoms with E-state index in [2.05, 4.69) is 15.0 Å². The van der Waals surface area contributed by atoms with Gasteiger partial charge in [0.05, 0.1) is 17.5 Å². The molecule has 0 aliphatic carbocycles. The van der Waals surface area contributed by atoms with E-state index in [9.17, 15) is 9.18 Å². The number of hydrogen-bond donors (Lipinski definition) is 1. The average Bonchev–Trinajstić information content (AvgIpc) is 2.88. The fourth-order valence-electron chi connectivity index (χ4n) is 2.16. The Morgan fingerprint density at radius 3 is 2.77 bits per heavy atom. The molecule has 0 fully saturated rings. The number of ether oxygens (including phenoxy) is 1.